The Labute approximate surface area is 135 Å². The fourth-order valence-corrected chi connectivity index (χ4v) is 3.39. The molecule has 1 aromatic carbocycles. The van der Waals surface area contributed by atoms with E-state index in [-0.39, 0.29) is 6.04 Å². The van der Waals surface area contributed by atoms with Gasteiger partial charge in [0, 0.05) is 22.8 Å². The zero-order valence-corrected chi connectivity index (χ0v) is 13.5. The number of aliphatic imine (C=N–C) groups is 1. The Balaban J connectivity index is 1.62. The molecule has 0 spiro atoms. The normalized spacial score (nSPS) is 19.1. The van der Waals surface area contributed by atoms with E-state index in [2.05, 4.69) is 40.8 Å². The van der Waals surface area contributed by atoms with Crippen molar-refractivity contribution >= 4 is 17.3 Å². The van der Waals surface area contributed by atoms with Crippen LogP contribution in [0.2, 0.25) is 0 Å². The van der Waals surface area contributed by atoms with Crippen LogP contribution in [-0.2, 0) is 0 Å². The smallest absolute Gasteiger partial charge is 0.189 e. The van der Waals surface area contributed by atoms with E-state index >= 15 is 0 Å². The van der Waals surface area contributed by atoms with Crippen LogP contribution in [0.3, 0.4) is 0 Å². The fraction of sp³-hybridized carbons (Fsp3) is 0.353. The molecule has 5 heteroatoms. The monoisotopic (exact) mass is 315 g/mol. The van der Waals surface area contributed by atoms with Gasteiger partial charge in [-0.1, -0.05) is 31.2 Å². The lowest BCUT2D eigenvalue weighted by molar-refractivity contribution is 0.262. The molecule has 2 atom stereocenters. The van der Waals surface area contributed by atoms with E-state index in [0.29, 0.717) is 25.0 Å². The quantitative estimate of drug-likeness (QED) is 0.672. The number of hydrogen-bond donors (Lipinski definition) is 2. The number of benzene rings is 1. The van der Waals surface area contributed by atoms with Crippen LogP contribution < -0.4 is 15.8 Å². The Morgan fingerprint density at radius 2 is 2.27 bits per heavy atom. The first-order chi connectivity index (χ1) is 10.7. The molecule has 0 radical (unpaired) electrons. The predicted molar refractivity (Wildman–Crippen MR) is 91.7 cm³/mol. The van der Waals surface area contributed by atoms with Crippen LogP contribution in [0.5, 0.6) is 5.75 Å². The number of guanidine groups is 1. The van der Waals surface area contributed by atoms with Gasteiger partial charge in [0.15, 0.2) is 5.96 Å². The van der Waals surface area contributed by atoms with Crippen LogP contribution >= 0.6 is 11.3 Å². The van der Waals surface area contributed by atoms with Gasteiger partial charge in [-0.05, 0) is 17.5 Å². The molecule has 3 rings (SSSR count). The lowest BCUT2D eigenvalue weighted by atomic mass is 10.0. The molecule has 1 aromatic heterocycles. The molecule has 2 aromatic rings. The number of nitrogens with one attached hydrogen (secondary N) is 1. The molecule has 0 bridgehead atoms. The minimum absolute atomic E-state index is 0.172. The maximum atomic E-state index is 6.06. The lowest BCUT2D eigenvalue weighted by Crippen LogP contribution is -2.37. The first kappa shape index (κ1) is 14.9. The molecule has 2 unspecified atom stereocenters. The highest BCUT2D eigenvalue weighted by molar-refractivity contribution is 7.10. The summed E-state index contributed by atoms with van der Waals surface area (Å²) in [6.07, 6.45) is 0.897. The zero-order chi connectivity index (χ0) is 15.4. The van der Waals surface area contributed by atoms with Gasteiger partial charge in [-0.3, -0.25) is 4.99 Å². The molecule has 4 nitrogen and oxygen atoms in total. The van der Waals surface area contributed by atoms with Crippen molar-refractivity contribution in [2.75, 3.05) is 13.2 Å². The molecule has 0 amide bonds. The molecule has 1 aliphatic rings. The minimum atomic E-state index is 0.172. The number of thiophene rings is 1. The van der Waals surface area contributed by atoms with E-state index in [4.69, 9.17) is 10.5 Å². The third kappa shape index (κ3) is 3.42. The predicted octanol–water partition coefficient (Wildman–Crippen LogP) is 3.28. The van der Waals surface area contributed by atoms with Crippen molar-refractivity contribution in [2.24, 2.45) is 10.7 Å². The topological polar surface area (TPSA) is 59.6 Å². The van der Waals surface area contributed by atoms with Gasteiger partial charge in [-0.25, -0.2) is 0 Å². The van der Waals surface area contributed by atoms with Gasteiger partial charge < -0.3 is 15.8 Å². The molecule has 0 saturated carbocycles. The molecule has 22 heavy (non-hydrogen) atoms. The number of para-hydroxylation sites is 1. The fourth-order valence-electron chi connectivity index (χ4n) is 2.61. The van der Waals surface area contributed by atoms with Crippen LogP contribution in [0.1, 0.15) is 35.7 Å². The third-order valence-corrected chi connectivity index (χ3v) is 4.95. The Hall–Kier alpha value is -2.01. The second-order valence-corrected chi connectivity index (χ2v) is 6.49. The SMILES string of the molecule is CC(CN=C(N)NC1CCOc2ccccc21)c1cccs1. The summed E-state index contributed by atoms with van der Waals surface area (Å²) in [5.41, 5.74) is 7.22. The van der Waals surface area contributed by atoms with Crippen molar-refractivity contribution in [1.29, 1.82) is 0 Å². The standard InChI is InChI=1S/C17H21N3OS/c1-12(16-7-4-10-22-16)11-19-17(18)20-14-8-9-21-15-6-3-2-5-13(14)15/h2-7,10,12,14H,8-9,11H2,1H3,(H3,18,19,20). The van der Waals surface area contributed by atoms with E-state index in [0.717, 1.165) is 17.7 Å². The Bertz CT molecular complexity index is 639. The van der Waals surface area contributed by atoms with Gasteiger partial charge in [0.25, 0.3) is 0 Å². The summed E-state index contributed by atoms with van der Waals surface area (Å²) in [5, 5.41) is 5.42. The van der Waals surface area contributed by atoms with Crippen LogP contribution in [0.15, 0.2) is 46.8 Å². The summed E-state index contributed by atoms with van der Waals surface area (Å²) in [6, 6.07) is 12.5. The minimum Gasteiger partial charge on any atom is -0.493 e. The van der Waals surface area contributed by atoms with Crippen molar-refractivity contribution in [2.45, 2.75) is 25.3 Å². The van der Waals surface area contributed by atoms with Crippen molar-refractivity contribution in [1.82, 2.24) is 5.32 Å². The molecular weight excluding hydrogens is 294 g/mol. The molecule has 3 N–H and O–H groups in total. The van der Waals surface area contributed by atoms with Crippen molar-refractivity contribution < 1.29 is 4.74 Å². The largest absolute Gasteiger partial charge is 0.493 e. The number of fused-ring (bicyclic) bond motifs is 1. The molecule has 0 saturated heterocycles. The van der Waals surface area contributed by atoms with Crippen LogP contribution in [0.25, 0.3) is 0 Å². The van der Waals surface area contributed by atoms with Gasteiger partial charge in [0.2, 0.25) is 0 Å². The van der Waals surface area contributed by atoms with Gasteiger partial charge in [-0.2, -0.15) is 0 Å². The Kier molecular flexibility index (Phi) is 4.63. The number of hydrogen-bond acceptors (Lipinski definition) is 3. The van der Waals surface area contributed by atoms with Gasteiger partial charge >= 0.3 is 0 Å². The van der Waals surface area contributed by atoms with Gasteiger partial charge in [-0.15, -0.1) is 11.3 Å². The average Bonchev–Trinajstić information content (AvgIpc) is 3.07. The first-order valence-electron chi connectivity index (χ1n) is 7.55. The Morgan fingerprint density at radius 1 is 1.41 bits per heavy atom. The van der Waals surface area contributed by atoms with Crippen molar-refractivity contribution in [3.8, 4) is 5.75 Å². The summed E-state index contributed by atoms with van der Waals surface area (Å²) < 4.78 is 5.66. The number of ether oxygens (including phenoxy) is 1. The molecule has 1 aliphatic heterocycles. The first-order valence-corrected chi connectivity index (χ1v) is 8.43. The highest BCUT2D eigenvalue weighted by Crippen LogP contribution is 2.31. The maximum Gasteiger partial charge on any atom is 0.189 e. The molecule has 0 fully saturated rings. The van der Waals surface area contributed by atoms with Crippen LogP contribution in [-0.4, -0.2) is 19.1 Å². The second-order valence-electron chi connectivity index (χ2n) is 5.51. The number of nitrogens with zero attached hydrogens (tertiary/aromatic N) is 1. The van der Waals surface area contributed by atoms with E-state index < -0.39 is 0 Å². The molecule has 116 valence electrons. The van der Waals surface area contributed by atoms with Crippen molar-refractivity contribution in [3.05, 3.63) is 52.2 Å². The Morgan fingerprint density at radius 3 is 3.09 bits per heavy atom. The summed E-state index contributed by atoms with van der Waals surface area (Å²) in [5.74, 6) is 1.83. The highest BCUT2D eigenvalue weighted by Gasteiger charge is 2.21. The summed E-state index contributed by atoms with van der Waals surface area (Å²) >= 11 is 1.76. The summed E-state index contributed by atoms with van der Waals surface area (Å²) in [7, 11) is 0. The lowest BCUT2D eigenvalue weighted by Gasteiger charge is -2.27. The second kappa shape index (κ2) is 6.83. The third-order valence-electron chi connectivity index (χ3n) is 3.85. The van der Waals surface area contributed by atoms with Gasteiger partial charge in [0.05, 0.1) is 19.2 Å². The summed E-state index contributed by atoms with van der Waals surface area (Å²) in [6.45, 7) is 3.57. The zero-order valence-electron chi connectivity index (χ0n) is 12.7. The maximum absolute atomic E-state index is 6.06. The number of nitrogens with two attached hydrogens (primary N) is 1. The molecule has 0 aliphatic carbocycles. The molecular formula is C17H21N3OS. The van der Waals surface area contributed by atoms with Gasteiger partial charge in [0.1, 0.15) is 5.75 Å². The van der Waals surface area contributed by atoms with E-state index in [9.17, 15) is 0 Å². The van der Waals surface area contributed by atoms with Crippen molar-refractivity contribution in [3.63, 3.8) is 0 Å². The molecule has 2 heterocycles. The van der Waals surface area contributed by atoms with E-state index in [1.165, 1.54) is 4.88 Å². The van der Waals surface area contributed by atoms with Crippen LogP contribution in [0.4, 0.5) is 0 Å². The van der Waals surface area contributed by atoms with E-state index in [1.807, 2.05) is 18.2 Å². The summed E-state index contributed by atoms with van der Waals surface area (Å²) in [4.78, 5) is 5.84. The number of rotatable bonds is 4. The average molecular weight is 315 g/mol. The van der Waals surface area contributed by atoms with E-state index in [1.54, 1.807) is 11.3 Å². The van der Waals surface area contributed by atoms with Crippen LogP contribution in [0, 0.1) is 0 Å². The highest BCUT2D eigenvalue weighted by atomic mass is 32.1.